The highest BCUT2D eigenvalue weighted by atomic mass is 32.1. The van der Waals surface area contributed by atoms with E-state index in [1.807, 2.05) is 12.3 Å². The first-order valence-corrected chi connectivity index (χ1v) is 9.57. The predicted molar refractivity (Wildman–Crippen MR) is 108 cm³/mol. The van der Waals surface area contributed by atoms with Gasteiger partial charge in [0.25, 0.3) is 11.8 Å². The second-order valence-electron chi connectivity index (χ2n) is 5.20. The topological polar surface area (TPSA) is 96.1 Å². The van der Waals surface area contributed by atoms with Gasteiger partial charge in [-0.3, -0.25) is 14.7 Å². The molecule has 0 spiro atoms. The molecule has 0 saturated heterocycles. The monoisotopic (exact) mass is 400 g/mol. The van der Waals surface area contributed by atoms with Crippen LogP contribution in [0.2, 0.25) is 0 Å². The minimum atomic E-state index is -0.409. The molecule has 0 bridgehead atoms. The summed E-state index contributed by atoms with van der Waals surface area (Å²) in [4.78, 5) is 31.4. The number of hydrogen-bond acceptors (Lipinski definition) is 6. The smallest absolute Gasteiger partial charge is 0.294 e. The van der Waals surface area contributed by atoms with Gasteiger partial charge < -0.3 is 10.2 Å². The van der Waals surface area contributed by atoms with Crippen molar-refractivity contribution in [3.05, 3.63) is 70.0 Å². The molecule has 0 atom stereocenters. The summed E-state index contributed by atoms with van der Waals surface area (Å²) >= 11 is 2.53. The number of hydrogen-bond donors (Lipinski definition) is 3. The Hall–Kier alpha value is -3.17. The molecule has 3 aromatic rings. The molecule has 2 amide bonds. The molecule has 7 nitrogen and oxygen atoms in total. The summed E-state index contributed by atoms with van der Waals surface area (Å²) in [5.41, 5.74) is 2.38. The van der Waals surface area contributed by atoms with Crippen LogP contribution < -0.4 is 10.8 Å². The van der Waals surface area contributed by atoms with Crippen molar-refractivity contribution in [2.24, 2.45) is 0 Å². The Kier molecular flexibility index (Phi) is 5.84. The van der Waals surface area contributed by atoms with Gasteiger partial charge in [-0.1, -0.05) is 24.8 Å². The fourth-order valence-electron chi connectivity index (χ4n) is 2.16. The maximum Gasteiger partial charge on any atom is 0.294 e. The maximum absolute atomic E-state index is 12.3. The van der Waals surface area contributed by atoms with Crippen molar-refractivity contribution < 1.29 is 14.4 Å². The van der Waals surface area contributed by atoms with Crippen LogP contribution in [-0.4, -0.2) is 22.0 Å². The molecule has 0 aromatic carbocycles. The average Bonchev–Trinajstić information content (AvgIpc) is 3.38. The first-order valence-electron chi connectivity index (χ1n) is 7.87. The molecule has 3 heterocycles. The normalized spacial score (nSPS) is 11.7. The SMILES string of the molecule is C=C/C=C(\C=C/C)ONC(=O)c1cc2c(NC(=O)c3cccs3)[nH]nc2s1. The summed E-state index contributed by atoms with van der Waals surface area (Å²) in [6.45, 7) is 5.43. The second kappa shape index (κ2) is 8.47. The predicted octanol–water partition coefficient (Wildman–Crippen LogP) is 4.25. The van der Waals surface area contributed by atoms with Crippen molar-refractivity contribution in [2.75, 3.05) is 5.32 Å². The zero-order valence-corrected chi connectivity index (χ0v) is 15.9. The van der Waals surface area contributed by atoms with E-state index in [-0.39, 0.29) is 5.91 Å². The Morgan fingerprint density at radius 1 is 1.33 bits per heavy atom. The van der Waals surface area contributed by atoms with E-state index >= 15 is 0 Å². The number of H-pyrrole nitrogens is 1. The number of thiophene rings is 2. The maximum atomic E-state index is 12.3. The highest BCUT2D eigenvalue weighted by molar-refractivity contribution is 7.20. The van der Waals surface area contributed by atoms with Crippen LogP contribution in [0.1, 0.15) is 26.3 Å². The van der Waals surface area contributed by atoms with Gasteiger partial charge in [0.15, 0.2) is 5.76 Å². The lowest BCUT2D eigenvalue weighted by atomic mass is 10.3. The molecule has 0 aliphatic heterocycles. The standard InChI is InChI=1S/C18H16N4O3S2/c1-3-6-11(7-4-2)25-22-17(24)14-10-12-15(20-21-18(12)27-14)19-16(23)13-8-5-9-26-13/h3-10H,1H2,2H3,(H,22,24)(H2,19,20,21,23)/b7-4-,11-6+. The second-order valence-corrected chi connectivity index (χ2v) is 7.18. The van der Waals surface area contributed by atoms with Gasteiger partial charge in [-0.2, -0.15) is 10.6 Å². The van der Waals surface area contributed by atoms with Gasteiger partial charge >= 0.3 is 0 Å². The molecule has 0 fully saturated rings. The van der Waals surface area contributed by atoms with Crippen molar-refractivity contribution in [1.29, 1.82) is 0 Å². The number of carbonyl (C=O) groups is 2. The summed E-state index contributed by atoms with van der Waals surface area (Å²) in [6, 6.07) is 5.19. The quantitative estimate of drug-likeness (QED) is 0.314. The fraction of sp³-hybridized carbons (Fsp3) is 0.0556. The van der Waals surface area contributed by atoms with E-state index in [4.69, 9.17) is 4.84 Å². The Balaban J connectivity index is 1.72. The van der Waals surface area contributed by atoms with Crippen molar-refractivity contribution in [2.45, 2.75) is 6.92 Å². The molecular weight excluding hydrogens is 384 g/mol. The molecule has 3 aromatic heterocycles. The molecule has 0 radical (unpaired) electrons. The number of fused-ring (bicyclic) bond motifs is 1. The molecule has 9 heteroatoms. The Bertz CT molecular complexity index is 1030. The number of hydroxylamine groups is 1. The zero-order valence-electron chi connectivity index (χ0n) is 14.3. The van der Waals surface area contributed by atoms with Crippen molar-refractivity contribution in [1.82, 2.24) is 15.7 Å². The van der Waals surface area contributed by atoms with E-state index in [1.54, 1.807) is 42.5 Å². The number of aromatic nitrogens is 2. The van der Waals surface area contributed by atoms with Crippen LogP contribution in [0.4, 0.5) is 5.82 Å². The van der Waals surface area contributed by atoms with Gasteiger partial charge in [-0.05, 0) is 36.6 Å². The van der Waals surface area contributed by atoms with Crippen molar-refractivity contribution in [3.63, 3.8) is 0 Å². The Morgan fingerprint density at radius 3 is 2.89 bits per heavy atom. The number of nitrogens with one attached hydrogen (secondary N) is 3. The van der Waals surface area contributed by atoms with Gasteiger partial charge in [-0.15, -0.1) is 22.7 Å². The van der Waals surface area contributed by atoms with Crippen LogP contribution in [0.15, 0.2) is 60.2 Å². The van der Waals surface area contributed by atoms with E-state index in [9.17, 15) is 9.59 Å². The van der Waals surface area contributed by atoms with Crippen LogP contribution in [-0.2, 0) is 4.84 Å². The lowest BCUT2D eigenvalue weighted by molar-refractivity contribution is 0.0612. The van der Waals surface area contributed by atoms with E-state index in [1.165, 1.54) is 22.7 Å². The van der Waals surface area contributed by atoms with Gasteiger partial charge in [0.1, 0.15) is 10.6 Å². The molecule has 138 valence electrons. The Labute approximate surface area is 163 Å². The van der Waals surface area contributed by atoms with Gasteiger partial charge in [-0.25, -0.2) is 0 Å². The van der Waals surface area contributed by atoms with E-state index in [2.05, 4.69) is 27.6 Å². The number of nitrogens with zero attached hydrogens (tertiary/aromatic N) is 1. The molecular formula is C18H16N4O3S2. The number of aromatic amines is 1. The first kappa shape index (κ1) is 18.6. The summed E-state index contributed by atoms with van der Waals surface area (Å²) in [6.07, 6.45) is 6.66. The summed E-state index contributed by atoms with van der Waals surface area (Å²) in [5, 5.41) is 12.2. The summed E-state index contributed by atoms with van der Waals surface area (Å²) in [7, 11) is 0. The Morgan fingerprint density at radius 2 is 2.19 bits per heavy atom. The van der Waals surface area contributed by atoms with Gasteiger partial charge in [0, 0.05) is 0 Å². The van der Waals surface area contributed by atoms with E-state index in [0.717, 1.165) is 0 Å². The van der Waals surface area contributed by atoms with Crippen LogP contribution in [0, 0.1) is 0 Å². The number of carbonyl (C=O) groups excluding carboxylic acids is 2. The number of amides is 2. The third-order valence-corrected chi connectivity index (χ3v) is 5.23. The molecule has 0 aliphatic carbocycles. The van der Waals surface area contributed by atoms with Crippen molar-refractivity contribution in [3.8, 4) is 0 Å². The molecule has 3 rings (SSSR count). The largest absolute Gasteiger partial charge is 0.379 e. The number of rotatable bonds is 7. The van der Waals surface area contributed by atoms with Crippen LogP contribution >= 0.6 is 22.7 Å². The van der Waals surface area contributed by atoms with E-state index in [0.29, 0.717) is 31.5 Å². The highest BCUT2D eigenvalue weighted by Crippen LogP contribution is 2.29. The van der Waals surface area contributed by atoms with Crippen LogP contribution in [0.3, 0.4) is 0 Å². The van der Waals surface area contributed by atoms with Gasteiger partial charge in [0.2, 0.25) is 0 Å². The molecule has 0 aliphatic rings. The molecule has 27 heavy (non-hydrogen) atoms. The summed E-state index contributed by atoms with van der Waals surface area (Å²) < 4.78 is 0. The fourth-order valence-corrected chi connectivity index (χ4v) is 3.66. The summed E-state index contributed by atoms with van der Waals surface area (Å²) in [5.74, 6) is 0.252. The first-order chi connectivity index (χ1) is 13.1. The van der Waals surface area contributed by atoms with Gasteiger partial charge in [0.05, 0.1) is 15.1 Å². The molecule has 0 saturated carbocycles. The minimum absolute atomic E-state index is 0.235. The zero-order chi connectivity index (χ0) is 19.2. The third-order valence-electron chi connectivity index (χ3n) is 3.33. The minimum Gasteiger partial charge on any atom is -0.379 e. The van der Waals surface area contributed by atoms with Crippen molar-refractivity contribution >= 4 is 50.5 Å². The highest BCUT2D eigenvalue weighted by Gasteiger charge is 2.17. The number of anilines is 1. The van der Waals surface area contributed by atoms with Crippen LogP contribution in [0.5, 0.6) is 0 Å². The number of allylic oxidation sites excluding steroid dienone is 4. The molecule has 3 N–H and O–H groups in total. The lowest BCUT2D eigenvalue weighted by Crippen LogP contribution is -2.22. The average molecular weight is 400 g/mol. The third kappa shape index (κ3) is 4.33. The molecule has 0 unspecified atom stereocenters. The lowest BCUT2D eigenvalue weighted by Gasteiger charge is -2.05. The van der Waals surface area contributed by atoms with E-state index < -0.39 is 5.91 Å². The van der Waals surface area contributed by atoms with Crippen LogP contribution in [0.25, 0.3) is 10.2 Å².